The van der Waals surface area contributed by atoms with Gasteiger partial charge in [0.25, 0.3) is 0 Å². The summed E-state index contributed by atoms with van der Waals surface area (Å²) in [5.74, 6) is -0.520. The number of hydrogen-bond acceptors (Lipinski definition) is 6. The lowest BCUT2D eigenvalue weighted by Crippen LogP contribution is -2.15. The minimum absolute atomic E-state index is 0.111. The summed E-state index contributed by atoms with van der Waals surface area (Å²) in [7, 11) is 1.34. The van der Waals surface area contributed by atoms with Gasteiger partial charge in [-0.15, -0.1) is 0 Å². The molecule has 1 amide bonds. The Bertz CT molecular complexity index is 819. The fraction of sp³-hybridized carbons (Fsp3) is 0.286. The highest BCUT2D eigenvalue weighted by Gasteiger charge is 2.13. The number of ether oxygens (including phenoxy) is 2. The van der Waals surface area contributed by atoms with E-state index in [0.717, 1.165) is 5.56 Å². The summed E-state index contributed by atoms with van der Waals surface area (Å²) in [6.45, 7) is 0.111. The van der Waals surface area contributed by atoms with Crippen molar-refractivity contribution in [2.24, 2.45) is 0 Å². The van der Waals surface area contributed by atoms with E-state index >= 15 is 0 Å². The number of nitrogens with one attached hydrogen (secondary N) is 1. The molecular weight excluding hydrogens is 362 g/mol. The van der Waals surface area contributed by atoms with Gasteiger partial charge in [0.15, 0.2) is 6.29 Å². The molecule has 0 atom stereocenters. The summed E-state index contributed by atoms with van der Waals surface area (Å²) in [4.78, 5) is 34.4. The molecule has 2 aromatic carbocycles. The lowest BCUT2D eigenvalue weighted by molar-refractivity contribution is -0.140. The van der Waals surface area contributed by atoms with Crippen LogP contribution in [0.25, 0.3) is 0 Å². The van der Waals surface area contributed by atoms with Crippen molar-refractivity contribution < 1.29 is 29.0 Å². The normalized spacial score (nSPS) is 10.2. The monoisotopic (exact) mass is 385 g/mol. The molecular formula is C21H23NO6. The van der Waals surface area contributed by atoms with Crippen LogP contribution in [0.3, 0.4) is 0 Å². The number of anilines is 1. The maximum atomic E-state index is 12.1. The quantitative estimate of drug-likeness (QED) is 0.386. The number of amides is 1. The van der Waals surface area contributed by atoms with Crippen LogP contribution in [0.1, 0.15) is 40.7 Å². The summed E-state index contributed by atoms with van der Waals surface area (Å²) in [6.07, 6.45) is 1.92. The van der Waals surface area contributed by atoms with Gasteiger partial charge in [0.2, 0.25) is 0 Å². The fourth-order valence-electron chi connectivity index (χ4n) is 2.63. The zero-order valence-electron chi connectivity index (χ0n) is 15.6. The Morgan fingerprint density at radius 1 is 1.14 bits per heavy atom. The van der Waals surface area contributed by atoms with Crippen molar-refractivity contribution in [3.05, 3.63) is 59.2 Å². The average molecular weight is 385 g/mol. The maximum absolute atomic E-state index is 12.1. The van der Waals surface area contributed by atoms with Gasteiger partial charge in [0.05, 0.1) is 18.4 Å². The number of methoxy groups -OCH3 is 1. The average Bonchev–Trinajstić information content (AvgIpc) is 2.71. The number of aromatic hydroxyl groups is 1. The second kappa shape index (κ2) is 10.7. The van der Waals surface area contributed by atoms with Gasteiger partial charge in [-0.25, -0.2) is 4.79 Å². The molecule has 0 fully saturated rings. The molecule has 0 bridgehead atoms. The highest BCUT2D eigenvalue weighted by Crippen LogP contribution is 2.27. The molecule has 7 nitrogen and oxygen atoms in total. The Labute approximate surface area is 163 Å². The molecule has 0 spiro atoms. The number of aldehydes is 1. The highest BCUT2D eigenvalue weighted by molar-refractivity contribution is 5.88. The van der Waals surface area contributed by atoms with Crippen molar-refractivity contribution in [1.29, 1.82) is 0 Å². The first-order valence-corrected chi connectivity index (χ1v) is 8.89. The predicted molar refractivity (Wildman–Crippen MR) is 103 cm³/mol. The molecule has 0 aliphatic heterocycles. The first kappa shape index (κ1) is 21.0. The van der Waals surface area contributed by atoms with Crippen LogP contribution < -0.4 is 5.32 Å². The Morgan fingerprint density at radius 2 is 1.89 bits per heavy atom. The minimum atomic E-state index is -0.669. The van der Waals surface area contributed by atoms with Crippen LogP contribution in [0.5, 0.6) is 5.75 Å². The third-order valence-electron chi connectivity index (χ3n) is 4.13. The number of carbonyl (C=O) groups excluding carboxylic acids is 3. The van der Waals surface area contributed by atoms with Gasteiger partial charge in [0, 0.05) is 12.5 Å². The molecule has 0 aliphatic carbocycles. The van der Waals surface area contributed by atoms with Crippen molar-refractivity contribution >= 4 is 24.0 Å². The van der Waals surface area contributed by atoms with Gasteiger partial charge >= 0.3 is 12.1 Å². The van der Waals surface area contributed by atoms with Gasteiger partial charge in [-0.2, -0.15) is 0 Å². The second-order valence-electron chi connectivity index (χ2n) is 6.16. The van der Waals surface area contributed by atoms with Crippen molar-refractivity contribution in [2.45, 2.75) is 32.3 Å². The van der Waals surface area contributed by atoms with E-state index in [4.69, 9.17) is 4.74 Å². The SMILES string of the molecule is COC(=O)CCCCc1cc(C=O)c(O)cc1NC(=O)OCc1ccccc1. The van der Waals surface area contributed by atoms with Crippen molar-refractivity contribution in [3.63, 3.8) is 0 Å². The molecule has 0 radical (unpaired) electrons. The zero-order valence-corrected chi connectivity index (χ0v) is 15.6. The van der Waals surface area contributed by atoms with Crippen LogP contribution >= 0.6 is 0 Å². The van der Waals surface area contributed by atoms with Crippen molar-refractivity contribution in [2.75, 3.05) is 12.4 Å². The molecule has 0 saturated carbocycles. The summed E-state index contributed by atoms with van der Waals surface area (Å²) in [5, 5.41) is 12.5. The minimum Gasteiger partial charge on any atom is -0.507 e. The number of carbonyl (C=O) groups is 3. The highest BCUT2D eigenvalue weighted by atomic mass is 16.5. The van der Waals surface area contributed by atoms with Crippen molar-refractivity contribution in [3.8, 4) is 5.75 Å². The third-order valence-corrected chi connectivity index (χ3v) is 4.13. The van der Waals surface area contributed by atoms with E-state index in [1.54, 1.807) is 0 Å². The molecule has 0 aromatic heterocycles. The topological polar surface area (TPSA) is 102 Å². The van der Waals surface area contributed by atoms with Crippen LogP contribution in [-0.2, 0) is 27.3 Å². The maximum Gasteiger partial charge on any atom is 0.411 e. The molecule has 0 heterocycles. The molecule has 148 valence electrons. The number of phenols is 1. The van der Waals surface area contributed by atoms with Crippen LogP contribution in [0, 0.1) is 0 Å². The van der Waals surface area contributed by atoms with E-state index in [0.29, 0.717) is 36.8 Å². The molecule has 0 unspecified atom stereocenters. The van der Waals surface area contributed by atoms with E-state index in [1.807, 2.05) is 30.3 Å². The molecule has 2 aromatic rings. The van der Waals surface area contributed by atoms with Crippen LogP contribution in [0.2, 0.25) is 0 Å². The Balaban J connectivity index is 2.01. The Hall–Kier alpha value is -3.35. The molecule has 2 N–H and O–H groups in total. The summed E-state index contributed by atoms with van der Waals surface area (Å²) in [5.41, 5.74) is 2.01. The Kier molecular flexibility index (Phi) is 8.02. The lowest BCUT2D eigenvalue weighted by atomic mass is 10.0. The van der Waals surface area contributed by atoms with Crippen LogP contribution in [0.15, 0.2) is 42.5 Å². The standard InChI is InChI=1S/C21H23NO6/c1-27-20(25)10-6-5-9-16-11-17(13-23)19(24)12-18(16)22-21(26)28-14-15-7-3-2-4-8-15/h2-4,7-8,11-13,24H,5-6,9-10,14H2,1H3,(H,22,26). The summed E-state index contributed by atoms with van der Waals surface area (Å²) < 4.78 is 9.80. The number of esters is 1. The number of rotatable bonds is 9. The van der Waals surface area contributed by atoms with E-state index in [1.165, 1.54) is 19.2 Å². The number of unbranched alkanes of at least 4 members (excludes halogenated alkanes) is 1. The van der Waals surface area contributed by atoms with Gasteiger partial charge in [0.1, 0.15) is 12.4 Å². The molecule has 2 rings (SSSR count). The Morgan fingerprint density at radius 3 is 2.57 bits per heavy atom. The van der Waals surface area contributed by atoms with Gasteiger partial charge in [-0.05, 0) is 36.5 Å². The van der Waals surface area contributed by atoms with E-state index in [9.17, 15) is 19.5 Å². The van der Waals surface area contributed by atoms with Gasteiger partial charge < -0.3 is 14.6 Å². The van der Waals surface area contributed by atoms with E-state index in [2.05, 4.69) is 10.1 Å². The summed E-state index contributed by atoms with van der Waals surface area (Å²) in [6, 6.07) is 12.1. The van der Waals surface area contributed by atoms with Crippen LogP contribution in [0.4, 0.5) is 10.5 Å². The van der Waals surface area contributed by atoms with E-state index in [-0.39, 0.29) is 30.3 Å². The van der Waals surface area contributed by atoms with Gasteiger partial charge in [-0.3, -0.25) is 14.9 Å². The first-order valence-electron chi connectivity index (χ1n) is 8.89. The second-order valence-corrected chi connectivity index (χ2v) is 6.16. The molecule has 7 heteroatoms. The first-order chi connectivity index (χ1) is 13.5. The van der Waals surface area contributed by atoms with E-state index < -0.39 is 6.09 Å². The molecule has 28 heavy (non-hydrogen) atoms. The number of benzene rings is 2. The number of phenolic OH excluding ortho intramolecular Hbond substituents is 1. The van der Waals surface area contributed by atoms with Crippen LogP contribution in [-0.4, -0.2) is 30.6 Å². The summed E-state index contributed by atoms with van der Waals surface area (Å²) >= 11 is 0. The predicted octanol–water partition coefficient (Wildman–Crippen LogP) is 3.84. The smallest absolute Gasteiger partial charge is 0.411 e. The van der Waals surface area contributed by atoms with Crippen molar-refractivity contribution in [1.82, 2.24) is 0 Å². The zero-order chi connectivity index (χ0) is 20.4. The molecule has 0 saturated heterocycles. The molecule has 0 aliphatic rings. The van der Waals surface area contributed by atoms with Gasteiger partial charge in [-0.1, -0.05) is 30.3 Å². The fourth-order valence-corrected chi connectivity index (χ4v) is 2.63. The lowest BCUT2D eigenvalue weighted by Gasteiger charge is -2.13. The largest absolute Gasteiger partial charge is 0.507 e. The third kappa shape index (κ3) is 6.42. The number of hydrogen-bond donors (Lipinski definition) is 2. The number of aryl methyl sites for hydroxylation is 1.